The molecule has 0 atom stereocenters. The van der Waals surface area contributed by atoms with E-state index in [1.807, 2.05) is 59.3 Å². The second-order valence-electron chi connectivity index (χ2n) is 6.88. The molecular formula is C24H21N3O5. The maximum Gasteiger partial charge on any atom is 0.269 e. The molecule has 4 aromatic rings. The number of nitro groups is 1. The van der Waals surface area contributed by atoms with Gasteiger partial charge in [0.2, 0.25) is 0 Å². The van der Waals surface area contributed by atoms with Gasteiger partial charge in [-0.3, -0.25) is 10.1 Å². The van der Waals surface area contributed by atoms with Crippen molar-refractivity contribution in [3.05, 3.63) is 88.1 Å². The van der Waals surface area contributed by atoms with Crippen molar-refractivity contribution in [3.63, 3.8) is 0 Å². The van der Waals surface area contributed by atoms with Gasteiger partial charge in [0.15, 0.2) is 18.3 Å². The van der Waals surface area contributed by atoms with Crippen LogP contribution in [-0.2, 0) is 4.74 Å². The monoisotopic (exact) mass is 431 g/mol. The lowest BCUT2D eigenvalue weighted by molar-refractivity contribution is -0.384. The van der Waals surface area contributed by atoms with Crippen LogP contribution in [0.1, 0.15) is 11.3 Å². The van der Waals surface area contributed by atoms with Crippen molar-refractivity contribution in [3.8, 4) is 17.2 Å². The number of hydrogen-bond acceptors (Lipinski definition) is 6. The van der Waals surface area contributed by atoms with Gasteiger partial charge < -0.3 is 14.2 Å². The lowest BCUT2D eigenvalue weighted by Gasteiger charge is -2.12. The zero-order valence-corrected chi connectivity index (χ0v) is 17.6. The highest BCUT2D eigenvalue weighted by molar-refractivity contribution is 5.90. The molecule has 162 valence electrons. The molecule has 0 aliphatic heterocycles. The fourth-order valence-corrected chi connectivity index (χ4v) is 3.32. The van der Waals surface area contributed by atoms with Gasteiger partial charge in [-0.15, -0.1) is 0 Å². The van der Waals surface area contributed by atoms with Crippen molar-refractivity contribution in [1.82, 2.24) is 9.78 Å². The highest BCUT2D eigenvalue weighted by atomic mass is 16.7. The SMILES string of the molecule is COCOc1ccc(-n2nc(/C=C/c3ccc([N+](=O)[O-])cc3)c3ccccc32)cc1OC. The van der Waals surface area contributed by atoms with E-state index in [0.29, 0.717) is 11.5 Å². The Kier molecular flexibility index (Phi) is 6.14. The number of fused-ring (bicyclic) bond motifs is 1. The second-order valence-corrected chi connectivity index (χ2v) is 6.88. The van der Waals surface area contributed by atoms with Crippen molar-refractivity contribution in [2.75, 3.05) is 21.0 Å². The molecular weight excluding hydrogens is 410 g/mol. The predicted octanol–water partition coefficient (Wildman–Crippen LogP) is 5.10. The number of benzene rings is 3. The number of non-ortho nitro benzene ring substituents is 1. The van der Waals surface area contributed by atoms with Gasteiger partial charge >= 0.3 is 0 Å². The Morgan fingerprint density at radius 2 is 1.78 bits per heavy atom. The third-order valence-corrected chi connectivity index (χ3v) is 4.88. The van der Waals surface area contributed by atoms with E-state index >= 15 is 0 Å². The van der Waals surface area contributed by atoms with E-state index in [1.165, 1.54) is 12.1 Å². The molecule has 0 saturated carbocycles. The quantitative estimate of drug-likeness (QED) is 0.219. The molecule has 8 heteroatoms. The van der Waals surface area contributed by atoms with Crippen LogP contribution in [0.15, 0.2) is 66.7 Å². The van der Waals surface area contributed by atoms with Crippen LogP contribution in [0.25, 0.3) is 28.7 Å². The minimum absolute atomic E-state index is 0.0590. The molecule has 0 N–H and O–H groups in total. The second kappa shape index (κ2) is 9.32. The average Bonchev–Trinajstić information content (AvgIpc) is 3.20. The van der Waals surface area contributed by atoms with E-state index in [-0.39, 0.29) is 12.5 Å². The van der Waals surface area contributed by atoms with Crippen LogP contribution in [0, 0.1) is 10.1 Å². The van der Waals surface area contributed by atoms with Crippen LogP contribution in [0.5, 0.6) is 11.5 Å². The Morgan fingerprint density at radius 3 is 2.50 bits per heavy atom. The van der Waals surface area contributed by atoms with Crippen molar-refractivity contribution in [1.29, 1.82) is 0 Å². The maximum absolute atomic E-state index is 10.8. The molecule has 0 unspecified atom stereocenters. The van der Waals surface area contributed by atoms with Crippen LogP contribution in [0.2, 0.25) is 0 Å². The van der Waals surface area contributed by atoms with Gasteiger partial charge in [0.25, 0.3) is 5.69 Å². The molecule has 0 fully saturated rings. The summed E-state index contributed by atoms with van der Waals surface area (Å²) in [6.07, 6.45) is 3.78. The van der Waals surface area contributed by atoms with Gasteiger partial charge in [-0.2, -0.15) is 5.10 Å². The summed E-state index contributed by atoms with van der Waals surface area (Å²) in [5.74, 6) is 1.15. The number of para-hydroxylation sites is 1. The summed E-state index contributed by atoms with van der Waals surface area (Å²) in [4.78, 5) is 10.4. The Balaban J connectivity index is 1.71. The first-order valence-corrected chi connectivity index (χ1v) is 9.81. The first-order valence-electron chi connectivity index (χ1n) is 9.81. The highest BCUT2D eigenvalue weighted by Crippen LogP contribution is 2.31. The van der Waals surface area contributed by atoms with Crippen molar-refractivity contribution < 1.29 is 19.1 Å². The van der Waals surface area contributed by atoms with Crippen LogP contribution in [-0.4, -0.2) is 35.7 Å². The van der Waals surface area contributed by atoms with Gasteiger partial charge in [-0.25, -0.2) is 4.68 Å². The fraction of sp³-hybridized carbons (Fsp3) is 0.125. The maximum atomic E-state index is 10.8. The summed E-state index contributed by atoms with van der Waals surface area (Å²) in [5, 5.41) is 16.6. The first-order chi connectivity index (χ1) is 15.6. The minimum atomic E-state index is -0.414. The molecule has 0 saturated heterocycles. The van der Waals surface area contributed by atoms with Crippen LogP contribution in [0.4, 0.5) is 5.69 Å². The first kappa shape index (κ1) is 21.1. The normalized spacial score (nSPS) is 11.2. The minimum Gasteiger partial charge on any atom is -0.493 e. The van der Waals surface area contributed by atoms with Crippen molar-refractivity contribution in [2.45, 2.75) is 0 Å². The molecule has 0 aliphatic carbocycles. The van der Waals surface area contributed by atoms with E-state index in [2.05, 4.69) is 0 Å². The average molecular weight is 431 g/mol. The summed E-state index contributed by atoms with van der Waals surface area (Å²) in [7, 11) is 3.14. The van der Waals surface area contributed by atoms with E-state index in [4.69, 9.17) is 19.3 Å². The summed E-state index contributed by atoms with van der Waals surface area (Å²) >= 11 is 0. The van der Waals surface area contributed by atoms with Crippen LogP contribution in [0.3, 0.4) is 0 Å². The molecule has 3 aromatic carbocycles. The smallest absolute Gasteiger partial charge is 0.269 e. The summed E-state index contributed by atoms with van der Waals surface area (Å²) < 4.78 is 17.8. The van der Waals surface area contributed by atoms with Crippen molar-refractivity contribution >= 4 is 28.7 Å². The summed E-state index contributed by atoms with van der Waals surface area (Å²) in [6.45, 7) is 0.123. The standard InChI is InChI=1S/C24H21N3O5/c1-30-16-32-23-14-12-19(15-24(23)31-2)26-22-6-4-3-5-20(22)21(25-26)13-9-17-7-10-18(11-8-17)27(28)29/h3-15H,16H2,1-2H3/b13-9+. The molecule has 1 heterocycles. The Morgan fingerprint density at radius 1 is 1.00 bits per heavy atom. The Hall–Kier alpha value is -4.17. The lowest BCUT2D eigenvalue weighted by atomic mass is 10.1. The third kappa shape index (κ3) is 4.30. The third-order valence-electron chi connectivity index (χ3n) is 4.88. The molecule has 0 bridgehead atoms. The van der Waals surface area contributed by atoms with Gasteiger partial charge in [0.1, 0.15) is 0 Å². The van der Waals surface area contributed by atoms with Gasteiger partial charge in [0, 0.05) is 30.7 Å². The Bertz CT molecular complexity index is 1280. The van der Waals surface area contributed by atoms with E-state index in [1.54, 1.807) is 26.4 Å². The number of nitro benzene ring substituents is 1. The predicted molar refractivity (Wildman–Crippen MR) is 122 cm³/mol. The molecule has 1 aromatic heterocycles. The molecule has 8 nitrogen and oxygen atoms in total. The Labute approximate surface area is 184 Å². The number of aromatic nitrogens is 2. The summed E-state index contributed by atoms with van der Waals surface area (Å²) in [5.41, 5.74) is 3.43. The van der Waals surface area contributed by atoms with Gasteiger partial charge in [-0.1, -0.05) is 24.3 Å². The number of nitrogens with zero attached hydrogens (tertiary/aromatic N) is 3. The fourth-order valence-electron chi connectivity index (χ4n) is 3.32. The van der Waals surface area contributed by atoms with Gasteiger partial charge in [0.05, 0.1) is 28.9 Å². The van der Waals surface area contributed by atoms with Crippen LogP contribution >= 0.6 is 0 Å². The molecule has 0 aliphatic rings. The van der Waals surface area contributed by atoms with E-state index in [0.717, 1.165) is 27.8 Å². The number of rotatable bonds is 8. The van der Waals surface area contributed by atoms with E-state index < -0.39 is 4.92 Å². The molecule has 0 spiro atoms. The number of ether oxygens (including phenoxy) is 3. The number of methoxy groups -OCH3 is 2. The molecule has 0 amide bonds. The number of hydrogen-bond donors (Lipinski definition) is 0. The molecule has 0 radical (unpaired) electrons. The highest BCUT2D eigenvalue weighted by Gasteiger charge is 2.13. The molecule has 4 rings (SSSR count). The zero-order chi connectivity index (χ0) is 22.5. The van der Waals surface area contributed by atoms with Crippen molar-refractivity contribution in [2.24, 2.45) is 0 Å². The van der Waals surface area contributed by atoms with Gasteiger partial charge in [-0.05, 0) is 42.0 Å². The largest absolute Gasteiger partial charge is 0.493 e. The molecule has 32 heavy (non-hydrogen) atoms. The van der Waals surface area contributed by atoms with Crippen LogP contribution < -0.4 is 9.47 Å². The zero-order valence-electron chi connectivity index (χ0n) is 17.6. The van der Waals surface area contributed by atoms with E-state index in [9.17, 15) is 10.1 Å². The lowest BCUT2D eigenvalue weighted by Crippen LogP contribution is -2.02. The topological polar surface area (TPSA) is 88.7 Å². The summed E-state index contributed by atoms with van der Waals surface area (Å²) in [6, 6.07) is 19.9.